The highest BCUT2D eigenvalue weighted by Crippen LogP contribution is 2.17. The minimum atomic E-state index is -1.26. The van der Waals surface area contributed by atoms with Gasteiger partial charge in [0.05, 0.1) is 6.42 Å². The monoisotopic (exact) mass is 275 g/mol. The van der Waals surface area contributed by atoms with Crippen molar-refractivity contribution in [3.63, 3.8) is 0 Å². The maximum Gasteiger partial charge on any atom is 0.326 e. The van der Waals surface area contributed by atoms with Crippen LogP contribution in [-0.4, -0.2) is 58.0 Å². The zero-order valence-corrected chi connectivity index (χ0v) is 10.9. The fourth-order valence-corrected chi connectivity index (χ4v) is 2.66. The Morgan fingerprint density at radius 1 is 1.56 bits per heavy atom. The molecule has 1 fully saturated rings. The molecule has 0 aromatic rings. The highest BCUT2D eigenvalue weighted by Gasteiger charge is 2.27. The van der Waals surface area contributed by atoms with Crippen LogP contribution in [-0.2, 0) is 9.59 Å². The van der Waals surface area contributed by atoms with E-state index in [1.807, 2.05) is 6.92 Å². The van der Waals surface area contributed by atoms with Crippen molar-refractivity contribution in [3.8, 4) is 0 Å². The van der Waals surface area contributed by atoms with Crippen LogP contribution in [0.1, 0.15) is 13.3 Å². The van der Waals surface area contributed by atoms with Crippen molar-refractivity contribution >= 4 is 29.7 Å². The first-order valence-corrected chi connectivity index (χ1v) is 6.63. The molecule has 0 aliphatic carbocycles. The van der Waals surface area contributed by atoms with E-state index in [-0.39, 0.29) is 0 Å². The van der Waals surface area contributed by atoms with Crippen LogP contribution < -0.4 is 11.1 Å². The van der Waals surface area contributed by atoms with Gasteiger partial charge in [0, 0.05) is 24.1 Å². The van der Waals surface area contributed by atoms with Gasteiger partial charge in [-0.1, -0.05) is 6.92 Å². The number of thioether (sulfide) groups is 1. The third kappa shape index (κ3) is 4.44. The molecule has 1 saturated heterocycles. The molecule has 0 spiro atoms. The summed E-state index contributed by atoms with van der Waals surface area (Å²) in [7, 11) is 0. The molecule has 102 valence electrons. The molecule has 1 unspecified atom stereocenters. The molecule has 1 heterocycles. The molecule has 0 radical (unpaired) electrons. The van der Waals surface area contributed by atoms with Gasteiger partial charge in [0.15, 0.2) is 0 Å². The van der Waals surface area contributed by atoms with E-state index in [2.05, 4.69) is 5.32 Å². The average molecular weight is 275 g/mol. The van der Waals surface area contributed by atoms with E-state index in [4.69, 9.17) is 10.8 Å². The standard InChI is InChI=1S/C10H17N3O4S/c1-6-5-13(2-3-18-6)10(17)12-7(9(15)16)4-8(11)14/h6-7H,2-5H2,1H3,(H2,11,14)(H,12,17)(H,15,16)/t6?,7-/m1/s1. The summed E-state index contributed by atoms with van der Waals surface area (Å²) < 4.78 is 0. The second-order valence-electron chi connectivity index (χ2n) is 4.14. The Morgan fingerprint density at radius 2 is 2.22 bits per heavy atom. The van der Waals surface area contributed by atoms with Gasteiger partial charge >= 0.3 is 12.0 Å². The minimum Gasteiger partial charge on any atom is -0.480 e. The second kappa shape index (κ2) is 6.48. The number of hydrogen-bond donors (Lipinski definition) is 3. The van der Waals surface area contributed by atoms with Crippen LogP contribution in [0.5, 0.6) is 0 Å². The third-order valence-electron chi connectivity index (χ3n) is 2.53. The van der Waals surface area contributed by atoms with Crippen molar-refractivity contribution in [2.75, 3.05) is 18.8 Å². The van der Waals surface area contributed by atoms with E-state index in [1.54, 1.807) is 16.7 Å². The highest BCUT2D eigenvalue weighted by molar-refractivity contribution is 7.99. The van der Waals surface area contributed by atoms with Crippen molar-refractivity contribution in [3.05, 3.63) is 0 Å². The zero-order chi connectivity index (χ0) is 13.7. The molecule has 0 aromatic heterocycles. The first-order chi connectivity index (χ1) is 8.40. The quantitative estimate of drug-likeness (QED) is 0.638. The summed E-state index contributed by atoms with van der Waals surface area (Å²) in [5.41, 5.74) is 4.94. The van der Waals surface area contributed by atoms with Crippen LogP contribution in [0.2, 0.25) is 0 Å². The summed E-state index contributed by atoms with van der Waals surface area (Å²) in [6.45, 7) is 3.14. The molecular formula is C10H17N3O4S. The first kappa shape index (κ1) is 14.6. The van der Waals surface area contributed by atoms with E-state index >= 15 is 0 Å². The van der Waals surface area contributed by atoms with Gasteiger partial charge in [-0.25, -0.2) is 9.59 Å². The van der Waals surface area contributed by atoms with Crippen LogP contribution in [0.3, 0.4) is 0 Å². The molecular weight excluding hydrogens is 258 g/mol. The smallest absolute Gasteiger partial charge is 0.326 e. The molecule has 4 N–H and O–H groups in total. The molecule has 8 heteroatoms. The van der Waals surface area contributed by atoms with Gasteiger partial charge in [-0.2, -0.15) is 11.8 Å². The van der Waals surface area contributed by atoms with Gasteiger partial charge in [0.2, 0.25) is 5.91 Å². The van der Waals surface area contributed by atoms with Gasteiger partial charge in [-0.3, -0.25) is 4.79 Å². The van der Waals surface area contributed by atoms with Gasteiger partial charge in [0.1, 0.15) is 6.04 Å². The summed E-state index contributed by atoms with van der Waals surface area (Å²) in [6, 6.07) is -1.73. The van der Waals surface area contributed by atoms with Crippen molar-refractivity contribution in [2.24, 2.45) is 5.73 Å². The number of carbonyl (C=O) groups excluding carboxylic acids is 2. The number of carbonyl (C=O) groups is 3. The van der Waals surface area contributed by atoms with Crippen molar-refractivity contribution in [1.82, 2.24) is 10.2 Å². The number of hydrogen-bond acceptors (Lipinski definition) is 4. The Labute approximate surface area is 109 Å². The predicted octanol–water partition coefficient (Wildman–Crippen LogP) is -0.538. The second-order valence-corrected chi connectivity index (χ2v) is 5.68. The van der Waals surface area contributed by atoms with Crippen LogP contribution in [0.15, 0.2) is 0 Å². The van der Waals surface area contributed by atoms with E-state index < -0.39 is 30.4 Å². The van der Waals surface area contributed by atoms with Gasteiger partial charge in [-0.15, -0.1) is 0 Å². The highest BCUT2D eigenvalue weighted by atomic mass is 32.2. The number of aliphatic carboxylic acids is 1. The van der Waals surface area contributed by atoms with Crippen molar-refractivity contribution in [1.29, 1.82) is 0 Å². The molecule has 1 aliphatic rings. The van der Waals surface area contributed by atoms with Crippen LogP contribution >= 0.6 is 11.8 Å². The number of urea groups is 1. The molecule has 7 nitrogen and oxygen atoms in total. The van der Waals surface area contributed by atoms with Crippen molar-refractivity contribution in [2.45, 2.75) is 24.6 Å². The molecule has 18 heavy (non-hydrogen) atoms. The van der Waals surface area contributed by atoms with Crippen LogP contribution in [0.4, 0.5) is 4.79 Å². The molecule has 1 rings (SSSR count). The Morgan fingerprint density at radius 3 is 2.72 bits per heavy atom. The average Bonchev–Trinajstić information content (AvgIpc) is 2.27. The Balaban J connectivity index is 2.54. The predicted molar refractivity (Wildman–Crippen MR) is 67.3 cm³/mol. The van der Waals surface area contributed by atoms with E-state index in [9.17, 15) is 14.4 Å². The normalized spacial score (nSPS) is 21.2. The first-order valence-electron chi connectivity index (χ1n) is 5.58. The molecule has 3 amide bonds. The molecule has 0 bridgehead atoms. The zero-order valence-electron chi connectivity index (χ0n) is 10.1. The Kier molecular flexibility index (Phi) is 5.26. The lowest BCUT2D eigenvalue weighted by Crippen LogP contribution is -2.52. The number of rotatable bonds is 4. The summed E-state index contributed by atoms with van der Waals surface area (Å²) in [6.07, 6.45) is -0.404. The number of carboxylic acid groups (broad SMARTS) is 1. The largest absolute Gasteiger partial charge is 0.480 e. The lowest BCUT2D eigenvalue weighted by molar-refractivity contribution is -0.140. The van der Waals surface area contributed by atoms with E-state index in [0.29, 0.717) is 18.3 Å². The number of amides is 3. The summed E-state index contributed by atoms with van der Waals surface area (Å²) >= 11 is 1.76. The molecule has 0 saturated carbocycles. The number of nitrogens with two attached hydrogens (primary N) is 1. The van der Waals surface area contributed by atoms with Gasteiger partial charge < -0.3 is 21.1 Å². The van der Waals surface area contributed by atoms with Gasteiger partial charge in [-0.05, 0) is 0 Å². The SMILES string of the molecule is CC1CN(C(=O)N[C@H](CC(N)=O)C(=O)O)CCS1. The fourth-order valence-electron chi connectivity index (χ4n) is 1.64. The number of carboxylic acids is 1. The van der Waals surface area contributed by atoms with Crippen LogP contribution in [0, 0.1) is 0 Å². The maximum atomic E-state index is 11.8. The fraction of sp³-hybridized carbons (Fsp3) is 0.700. The van der Waals surface area contributed by atoms with Crippen molar-refractivity contribution < 1.29 is 19.5 Å². The topological polar surface area (TPSA) is 113 Å². The molecule has 1 aliphatic heterocycles. The lowest BCUT2D eigenvalue weighted by Gasteiger charge is -2.31. The summed E-state index contributed by atoms with van der Waals surface area (Å²) in [5.74, 6) is -1.20. The summed E-state index contributed by atoms with van der Waals surface area (Å²) in [4.78, 5) is 35.0. The maximum absolute atomic E-state index is 11.8. The van der Waals surface area contributed by atoms with E-state index in [1.165, 1.54) is 0 Å². The third-order valence-corrected chi connectivity index (χ3v) is 3.67. The number of nitrogens with one attached hydrogen (secondary N) is 1. The van der Waals surface area contributed by atoms with Crippen LogP contribution in [0.25, 0.3) is 0 Å². The summed E-state index contributed by atoms with van der Waals surface area (Å²) in [5, 5.41) is 11.5. The Bertz CT molecular complexity index is 350. The Hall–Kier alpha value is -1.44. The molecule has 0 aromatic carbocycles. The minimum absolute atomic E-state index is 0.323. The molecule has 2 atom stereocenters. The number of primary amides is 1. The van der Waals surface area contributed by atoms with Gasteiger partial charge in [0.25, 0.3) is 0 Å². The number of nitrogens with zero attached hydrogens (tertiary/aromatic N) is 1. The van der Waals surface area contributed by atoms with E-state index in [0.717, 1.165) is 5.75 Å². The lowest BCUT2D eigenvalue weighted by atomic mass is 10.2.